The zero-order valence-corrected chi connectivity index (χ0v) is 9.95. The van der Waals surface area contributed by atoms with Crippen molar-refractivity contribution in [3.8, 4) is 6.07 Å². The van der Waals surface area contributed by atoms with E-state index in [1.165, 1.54) is 19.2 Å². The lowest BCUT2D eigenvalue weighted by Gasteiger charge is -2.04. The second-order valence-corrected chi connectivity index (χ2v) is 3.59. The van der Waals surface area contributed by atoms with E-state index in [1.54, 1.807) is 6.07 Å². The molecule has 0 saturated heterocycles. The summed E-state index contributed by atoms with van der Waals surface area (Å²) in [4.78, 5) is 22.4. The summed E-state index contributed by atoms with van der Waals surface area (Å²) in [6, 6.07) is 6.43. The molecule has 0 amide bonds. The molecule has 4 nitrogen and oxygen atoms in total. The van der Waals surface area contributed by atoms with Gasteiger partial charge in [-0.25, -0.2) is 4.79 Å². The van der Waals surface area contributed by atoms with Gasteiger partial charge in [0, 0.05) is 6.42 Å². The van der Waals surface area contributed by atoms with Crippen molar-refractivity contribution in [2.24, 2.45) is 0 Å². The molecular weight excluding hydrogens is 242 g/mol. The summed E-state index contributed by atoms with van der Waals surface area (Å²) in [5.41, 5.74) is 1.13. The number of alkyl halides is 1. The van der Waals surface area contributed by atoms with Crippen LogP contribution in [0.25, 0.3) is 0 Å². The normalized spacial score (nSPS) is 9.47. The van der Waals surface area contributed by atoms with Crippen molar-refractivity contribution >= 4 is 23.4 Å². The van der Waals surface area contributed by atoms with E-state index >= 15 is 0 Å². The SMILES string of the molecule is COC(=O)c1ccc(CC(=O)CCl)c(C#N)c1. The summed E-state index contributed by atoms with van der Waals surface area (Å²) in [5, 5.41) is 8.94. The number of ketones is 1. The molecule has 0 aliphatic rings. The largest absolute Gasteiger partial charge is 0.465 e. The van der Waals surface area contributed by atoms with E-state index in [0.29, 0.717) is 5.56 Å². The highest BCUT2D eigenvalue weighted by Gasteiger charge is 2.11. The average Bonchev–Trinajstić information content (AvgIpc) is 2.37. The topological polar surface area (TPSA) is 67.2 Å². The molecular formula is C12H10ClNO3. The lowest BCUT2D eigenvalue weighted by Crippen LogP contribution is -2.07. The number of nitrogens with zero attached hydrogens (tertiary/aromatic N) is 1. The van der Waals surface area contributed by atoms with Crippen LogP contribution in [0, 0.1) is 11.3 Å². The van der Waals surface area contributed by atoms with E-state index in [2.05, 4.69) is 4.74 Å². The van der Waals surface area contributed by atoms with Crippen LogP contribution in [0.15, 0.2) is 18.2 Å². The molecule has 0 aliphatic carbocycles. The Balaban J connectivity index is 3.06. The van der Waals surface area contributed by atoms with Crippen LogP contribution >= 0.6 is 11.6 Å². The molecule has 0 heterocycles. The molecule has 1 rings (SSSR count). The molecule has 88 valence electrons. The predicted molar refractivity (Wildman–Crippen MR) is 61.9 cm³/mol. The number of benzene rings is 1. The Morgan fingerprint density at radius 2 is 2.18 bits per heavy atom. The number of hydrogen-bond donors (Lipinski definition) is 0. The standard InChI is InChI=1S/C12H10ClNO3/c1-17-12(16)9-3-2-8(5-11(15)6-13)10(4-9)7-14/h2-4H,5-6H2,1H3. The Labute approximate surface area is 104 Å². The first-order valence-corrected chi connectivity index (χ1v) is 5.34. The third-order valence-electron chi connectivity index (χ3n) is 2.19. The number of nitriles is 1. The van der Waals surface area contributed by atoms with Gasteiger partial charge in [-0.15, -0.1) is 11.6 Å². The molecule has 0 N–H and O–H groups in total. The van der Waals surface area contributed by atoms with Crippen LogP contribution in [0.3, 0.4) is 0 Å². The van der Waals surface area contributed by atoms with Crippen molar-refractivity contribution in [3.05, 3.63) is 34.9 Å². The highest BCUT2D eigenvalue weighted by molar-refractivity contribution is 6.27. The molecule has 0 radical (unpaired) electrons. The first kappa shape index (κ1) is 13.2. The number of esters is 1. The van der Waals surface area contributed by atoms with Gasteiger partial charge in [0.15, 0.2) is 5.78 Å². The first-order valence-electron chi connectivity index (χ1n) is 4.81. The third kappa shape index (κ3) is 3.30. The minimum atomic E-state index is -0.517. The van der Waals surface area contributed by atoms with Crippen molar-refractivity contribution in [1.82, 2.24) is 0 Å². The molecule has 0 bridgehead atoms. The lowest BCUT2D eigenvalue weighted by molar-refractivity contribution is -0.116. The maximum Gasteiger partial charge on any atom is 0.337 e. The molecule has 0 atom stereocenters. The maximum absolute atomic E-state index is 11.3. The zero-order chi connectivity index (χ0) is 12.8. The van der Waals surface area contributed by atoms with Crippen molar-refractivity contribution in [3.63, 3.8) is 0 Å². The number of ether oxygens (including phenoxy) is 1. The summed E-state index contributed by atoms with van der Waals surface area (Å²) in [7, 11) is 1.26. The van der Waals surface area contributed by atoms with E-state index in [1.807, 2.05) is 6.07 Å². The summed E-state index contributed by atoms with van der Waals surface area (Å²) in [5.74, 6) is -0.783. The smallest absolute Gasteiger partial charge is 0.337 e. The van der Waals surface area contributed by atoms with E-state index in [0.717, 1.165) is 0 Å². The Morgan fingerprint density at radius 1 is 1.47 bits per heavy atom. The number of hydrogen-bond acceptors (Lipinski definition) is 4. The van der Waals surface area contributed by atoms with Gasteiger partial charge in [-0.05, 0) is 17.7 Å². The minimum absolute atomic E-state index is 0.0911. The maximum atomic E-state index is 11.3. The van der Waals surface area contributed by atoms with E-state index in [4.69, 9.17) is 16.9 Å². The number of carbonyl (C=O) groups excluding carboxylic acids is 2. The Hall–Kier alpha value is -1.86. The third-order valence-corrected chi connectivity index (χ3v) is 2.49. The van der Waals surface area contributed by atoms with Crippen LogP contribution in [-0.2, 0) is 16.0 Å². The zero-order valence-electron chi connectivity index (χ0n) is 9.20. The average molecular weight is 252 g/mol. The van der Waals surface area contributed by atoms with Crippen molar-refractivity contribution in [2.45, 2.75) is 6.42 Å². The van der Waals surface area contributed by atoms with Crippen LogP contribution < -0.4 is 0 Å². The molecule has 0 saturated carbocycles. The lowest BCUT2D eigenvalue weighted by atomic mass is 10.0. The predicted octanol–water partition coefficient (Wildman–Crippen LogP) is 1.70. The van der Waals surface area contributed by atoms with Crippen LogP contribution in [-0.4, -0.2) is 24.7 Å². The molecule has 0 aromatic heterocycles. The molecule has 17 heavy (non-hydrogen) atoms. The van der Waals surface area contributed by atoms with E-state index in [9.17, 15) is 9.59 Å². The quantitative estimate of drug-likeness (QED) is 0.603. The van der Waals surface area contributed by atoms with Crippen LogP contribution in [0.1, 0.15) is 21.5 Å². The monoisotopic (exact) mass is 251 g/mol. The fourth-order valence-corrected chi connectivity index (χ4v) is 1.43. The molecule has 1 aromatic rings. The molecule has 0 spiro atoms. The summed E-state index contributed by atoms with van der Waals surface area (Å²) in [6.45, 7) is 0. The van der Waals surface area contributed by atoms with Crippen molar-refractivity contribution in [2.75, 3.05) is 13.0 Å². The van der Waals surface area contributed by atoms with Crippen LogP contribution in [0.4, 0.5) is 0 Å². The van der Waals surface area contributed by atoms with Gasteiger partial charge in [-0.3, -0.25) is 4.79 Å². The second kappa shape index (κ2) is 6.02. The van der Waals surface area contributed by atoms with Gasteiger partial charge in [0.25, 0.3) is 0 Å². The highest BCUT2D eigenvalue weighted by Crippen LogP contribution is 2.13. The molecule has 0 aliphatic heterocycles. The van der Waals surface area contributed by atoms with Gasteiger partial charge in [0.2, 0.25) is 0 Å². The molecule has 1 aromatic carbocycles. The summed E-state index contributed by atoms with van der Waals surface area (Å²) in [6.07, 6.45) is 0.0911. The number of methoxy groups -OCH3 is 1. The van der Waals surface area contributed by atoms with Gasteiger partial charge in [0.05, 0.1) is 30.2 Å². The Bertz CT molecular complexity index is 491. The van der Waals surface area contributed by atoms with E-state index in [-0.39, 0.29) is 29.2 Å². The van der Waals surface area contributed by atoms with Gasteiger partial charge in [-0.1, -0.05) is 6.07 Å². The van der Waals surface area contributed by atoms with Crippen molar-refractivity contribution in [1.29, 1.82) is 5.26 Å². The van der Waals surface area contributed by atoms with Crippen LogP contribution in [0.5, 0.6) is 0 Å². The minimum Gasteiger partial charge on any atom is -0.465 e. The Morgan fingerprint density at radius 3 is 2.71 bits per heavy atom. The fourth-order valence-electron chi connectivity index (χ4n) is 1.34. The second-order valence-electron chi connectivity index (χ2n) is 3.32. The fraction of sp³-hybridized carbons (Fsp3) is 0.250. The van der Waals surface area contributed by atoms with Gasteiger partial charge in [-0.2, -0.15) is 5.26 Å². The number of Topliss-reactive ketones (excluding diaryl/α,β-unsaturated/α-hetero) is 1. The van der Waals surface area contributed by atoms with Crippen molar-refractivity contribution < 1.29 is 14.3 Å². The number of carbonyl (C=O) groups is 2. The highest BCUT2D eigenvalue weighted by atomic mass is 35.5. The molecule has 0 unspecified atom stereocenters. The molecule has 5 heteroatoms. The van der Waals surface area contributed by atoms with Gasteiger partial charge < -0.3 is 4.74 Å². The summed E-state index contributed by atoms with van der Waals surface area (Å²) >= 11 is 5.40. The van der Waals surface area contributed by atoms with E-state index < -0.39 is 5.97 Å². The number of rotatable bonds is 4. The summed E-state index contributed by atoms with van der Waals surface area (Å²) < 4.78 is 4.54. The van der Waals surface area contributed by atoms with Crippen LogP contribution in [0.2, 0.25) is 0 Å². The van der Waals surface area contributed by atoms with Gasteiger partial charge in [0.1, 0.15) is 0 Å². The molecule has 0 fully saturated rings. The number of halogens is 1. The Kier molecular flexibility index (Phi) is 4.68. The first-order chi connectivity index (χ1) is 8.12. The van der Waals surface area contributed by atoms with Gasteiger partial charge >= 0.3 is 5.97 Å².